The fraction of sp³-hybridized carbons (Fsp3) is 0.571. The Bertz CT molecular complexity index is 477. The van der Waals surface area contributed by atoms with E-state index in [1.54, 1.807) is 18.4 Å². The molecule has 1 aromatic heterocycles. The maximum atomic E-state index is 11.9. The van der Waals surface area contributed by atoms with E-state index in [0.717, 1.165) is 32.5 Å². The first-order chi connectivity index (χ1) is 9.70. The molecule has 1 amide bonds. The molecule has 0 aliphatic carbocycles. The van der Waals surface area contributed by atoms with Crippen molar-refractivity contribution in [1.82, 2.24) is 15.5 Å². The van der Waals surface area contributed by atoms with Crippen molar-refractivity contribution >= 4 is 23.2 Å². The average Bonchev–Trinajstić information content (AvgIpc) is 3.10. The molecule has 1 fully saturated rings. The third-order valence-electron chi connectivity index (χ3n) is 3.47. The number of hydrogen-bond acceptors (Lipinski definition) is 3. The lowest BCUT2D eigenvalue weighted by molar-refractivity contribution is -0.128. The van der Waals surface area contributed by atoms with E-state index in [4.69, 9.17) is 0 Å². The molecule has 5 nitrogen and oxygen atoms in total. The van der Waals surface area contributed by atoms with Gasteiger partial charge in [0, 0.05) is 25.0 Å². The third-order valence-corrected chi connectivity index (χ3v) is 4.50. The Morgan fingerprint density at radius 3 is 2.75 bits per heavy atom. The van der Waals surface area contributed by atoms with Crippen LogP contribution >= 0.6 is 11.3 Å². The van der Waals surface area contributed by atoms with Crippen molar-refractivity contribution in [2.45, 2.75) is 26.3 Å². The molecule has 1 aliphatic heterocycles. The van der Waals surface area contributed by atoms with Gasteiger partial charge in [0.2, 0.25) is 5.91 Å². The first kappa shape index (κ1) is 14.8. The topological polar surface area (TPSA) is 56.7 Å². The first-order valence-corrected chi connectivity index (χ1v) is 7.84. The Morgan fingerprint density at radius 1 is 1.40 bits per heavy atom. The maximum absolute atomic E-state index is 11.9. The highest BCUT2D eigenvalue weighted by atomic mass is 32.1. The van der Waals surface area contributed by atoms with Crippen LogP contribution in [0.5, 0.6) is 0 Å². The van der Waals surface area contributed by atoms with Crippen molar-refractivity contribution in [2.24, 2.45) is 4.99 Å². The molecule has 0 atom stereocenters. The van der Waals surface area contributed by atoms with Gasteiger partial charge in [-0.15, -0.1) is 11.3 Å². The zero-order valence-electron chi connectivity index (χ0n) is 12.1. The van der Waals surface area contributed by atoms with Crippen molar-refractivity contribution in [3.05, 3.63) is 21.9 Å². The molecule has 6 heteroatoms. The largest absolute Gasteiger partial charge is 0.352 e. The number of thiophene rings is 1. The quantitative estimate of drug-likeness (QED) is 0.651. The molecule has 2 N–H and O–H groups in total. The molecule has 0 radical (unpaired) electrons. The molecule has 0 bridgehead atoms. The highest BCUT2D eigenvalue weighted by Crippen LogP contribution is 2.14. The van der Waals surface area contributed by atoms with E-state index in [2.05, 4.69) is 34.0 Å². The Labute approximate surface area is 124 Å². The second kappa shape index (κ2) is 7.28. The van der Waals surface area contributed by atoms with Crippen molar-refractivity contribution in [3.63, 3.8) is 0 Å². The number of guanidine groups is 1. The standard InChI is InChI=1S/C14H22N4OS/c1-11-5-8-20-12(11)9-16-14(15-2)17-10-13(19)18-6-3-4-7-18/h5,8H,3-4,6-7,9-10H2,1-2H3,(H2,15,16,17). The fourth-order valence-corrected chi connectivity index (χ4v) is 3.05. The smallest absolute Gasteiger partial charge is 0.241 e. The van der Waals surface area contributed by atoms with Crippen molar-refractivity contribution in [1.29, 1.82) is 0 Å². The van der Waals surface area contributed by atoms with Crippen LogP contribution in [0.25, 0.3) is 0 Å². The number of aliphatic imine (C=N–C) groups is 1. The lowest BCUT2D eigenvalue weighted by atomic mass is 10.3. The Balaban J connectivity index is 1.75. The predicted molar refractivity (Wildman–Crippen MR) is 83.1 cm³/mol. The summed E-state index contributed by atoms with van der Waals surface area (Å²) in [5, 5.41) is 8.40. The van der Waals surface area contributed by atoms with Gasteiger partial charge in [0.25, 0.3) is 0 Å². The van der Waals surface area contributed by atoms with E-state index in [-0.39, 0.29) is 5.91 Å². The number of nitrogens with one attached hydrogen (secondary N) is 2. The molecule has 1 aromatic rings. The highest BCUT2D eigenvalue weighted by Gasteiger charge is 2.17. The second-order valence-electron chi connectivity index (χ2n) is 4.89. The summed E-state index contributed by atoms with van der Waals surface area (Å²) in [6, 6.07) is 2.11. The minimum Gasteiger partial charge on any atom is -0.352 e. The molecule has 0 unspecified atom stereocenters. The van der Waals surface area contributed by atoms with Gasteiger partial charge in [-0.2, -0.15) is 0 Å². The maximum Gasteiger partial charge on any atom is 0.241 e. The van der Waals surface area contributed by atoms with Crippen LogP contribution in [0, 0.1) is 6.92 Å². The van der Waals surface area contributed by atoms with Gasteiger partial charge >= 0.3 is 0 Å². The summed E-state index contributed by atoms with van der Waals surface area (Å²) in [6.45, 7) is 4.92. The minimum absolute atomic E-state index is 0.151. The Kier molecular flexibility index (Phi) is 5.40. The number of nitrogens with zero attached hydrogens (tertiary/aromatic N) is 2. The summed E-state index contributed by atoms with van der Waals surface area (Å²) in [5.74, 6) is 0.822. The Hall–Kier alpha value is -1.56. The summed E-state index contributed by atoms with van der Waals surface area (Å²) in [6.07, 6.45) is 2.24. The number of hydrogen-bond donors (Lipinski definition) is 2. The molecule has 2 rings (SSSR count). The number of carbonyl (C=O) groups excluding carboxylic acids is 1. The monoisotopic (exact) mass is 294 g/mol. The van der Waals surface area contributed by atoms with Crippen molar-refractivity contribution in [3.8, 4) is 0 Å². The van der Waals surface area contributed by atoms with E-state index >= 15 is 0 Å². The van der Waals surface area contributed by atoms with Crippen molar-refractivity contribution < 1.29 is 4.79 Å². The van der Waals surface area contributed by atoms with Gasteiger partial charge in [0.15, 0.2) is 5.96 Å². The summed E-state index contributed by atoms with van der Waals surface area (Å²) in [7, 11) is 1.72. The minimum atomic E-state index is 0.151. The molecular formula is C14H22N4OS. The average molecular weight is 294 g/mol. The summed E-state index contributed by atoms with van der Waals surface area (Å²) < 4.78 is 0. The van der Waals surface area contributed by atoms with Gasteiger partial charge < -0.3 is 15.5 Å². The van der Waals surface area contributed by atoms with E-state index in [9.17, 15) is 4.79 Å². The van der Waals surface area contributed by atoms with Crippen LogP contribution in [0.15, 0.2) is 16.4 Å². The van der Waals surface area contributed by atoms with Crippen LogP contribution in [0.1, 0.15) is 23.3 Å². The molecule has 20 heavy (non-hydrogen) atoms. The fourth-order valence-electron chi connectivity index (χ4n) is 2.21. The van der Waals surface area contributed by atoms with Gasteiger partial charge in [0.1, 0.15) is 0 Å². The number of rotatable bonds is 4. The van der Waals surface area contributed by atoms with E-state index in [1.807, 2.05) is 4.90 Å². The van der Waals surface area contributed by atoms with Gasteiger partial charge in [-0.1, -0.05) is 0 Å². The van der Waals surface area contributed by atoms with Gasteiger partial charge in [-0.25, -0.2) is 0 Å². The number of amides is 1. The molecule has 1 saturated heterocycles. The normalized spacial score (nSPS) is 15.5. The van der Waals surface area contributed by atoms with Crippen LogP contribution in [0.4, 0.5) is 0 Å². The number of carbonyl (C=O) groups is 1. The second-order valence-corrected chi connectivity index (χ2v) is 5.89. The number of aryl methyl sites for hydroxylation is 1. The molecule has 2 heterocycles. The molecule has 1 aliphatic rings. The lowest BCUT2D eigenvalue weighted by Crippen LogP contribution is -2.43. The van der Waals surface area contributed by atoms with Gasteiger partial charge in [0.05, 0.1) is 13.1 Å². The van der Waals surface area contributed by atoms with E-state index in [0.29, 0.717) is 12.5 Å². The molecule has 0 spiro atoms. The van der Waals surface area contributed by atoms with E-state index in [1.165, 1.54) is 10.4 Å². The van der Waals surface area contributed by atoms with Crippen LogP contribution in [0.3, 0.4) is 0 Å². The Morgan fingerprint density at radius 2 is 2.15 bits per heavy atom. The van der Waals surface area contributed by atoms with E-state index < -0.39 is 0 Å². The molecule has 0 aromatic carbocycles. The van der Waals surface area contributed by atoms with Crippen LogP contribution in [-0.4, -0.2) is 43.4 Å². The SMILES string of the molecule is CN=C(NCC(=O)N1CCCC1)NCc1sccc1C. The summed E-state index contributed by atoms with van der Waals surface area (Å²) >= 11 is 1.73. The van der Waals surface area contributed by atoms with Gasteiger partial charge in [-0.3, -0.25) is 9.79 Å². The predicted octanol–water partition coefficient (Wildman–Crippen LogP) is 1.34. The summed E-state index contributed by atoms with van der Waals surface area (Å²) in [4.78, 5) is 19.3. The number of likely N-dealkylation sites (tertiary alicyclic amines) is 1. The highest BCUT2D eigenvalue weighted by molar-refractivity contribution is 7.10. The zero-order valence-corrected chi connectivity index (χ0v) is 12.9. The zero-order chi connectivity index (χ0) is 14.4. The van der Waals surface area contributed by atoms with Crippen molar-refractivity contribution in [2.75, 3.05) is 26.7 Å². The third kappa shape index (κ3) is 3.96. The van der Waals surface area contributed by atoms with Gasteiger partial charge in [-0.05, 0) is 36.8 Å². The van der Waals surface area contributed by atoms with Crippen LogP contribution < -0.4 is 10.6 Å². The van der Waals surface area contributed by atoms with Crippen LogP contribution in [0.2, 0.25) is 0 Å². The molecular weight excluding hydrogens is 272 g/mol. The summed E-state index contributed by atoms with van der Waals surface area (Å²) in [5.41, 5.74) is 1.28. The lowest BCUT2D eigenvalue weighted by Gasteiger charge is -2.17. The first-order valence-electron chi connectivity index (χ1n) is 6.96. The molecule has 0 saturated carbocycles. The van der Waals surface area contributed by atoms with Crippen LogP contribution in [-0.2, 0) is 11.3 Å². The molecule has 110 valence electrons.